The van der Waals surface area contributed by atoms with E-state index < -0.39 is 10.9 Å². The molecule has 2 N–H and O–H groups in total. The molecule has 120 valence electrons. The number of non-ortho nitro benzene ring substituents is 1. The smallest absolute Gasteiger partial charge is 0.340 e. The first-order chi connectivity index (χ1) is 11.0. The highest BCUT2D eigenvalue weighted by Gasteiger charge is 2.17. The van der Waals surface area contributed by atoms with Gasteiger partial charge in [0.15, 0.2) is 0 Å². The maximum atomic E-state index is 12.1. The third kappa shape index (κ3) is 3.97. The molecule has 0 aromatic heterocycles. The lowest BCUT2D eigenvalue weighted by molar-refractivity contribution is -0.384. The third-order valence-corrected chi connectivity index (χ3v) is 3.10. The van der Waals surface area contributed by atoms with Crippen LogP contribution < -0.4 is 10.5 Å². The molecule has 0 saturated carbocycles. The maximum absolute atomic E-state index is 12.1. The summed E-state index contributed by atoms with van der Waals surface area (Å²) in [6.45, 7) is 2.33. The second-order valence-corrected chi connectivity index (χ2v) is 4.65. The van der Waals surface area contributed by atoms with Crippen molar-refractivity contribution >= 4 is 17.3 Å². The number of ether oxygens (including phenoxy) is 2. The Labute approximate surface area is 132 Å². The lowest BCUT2D eigenvalue weighted by Gasteiger charge is -2.11. The molecule has 0 aliphatic carbocycles. The van der Waals surface area contributed by atoms with Gasteiger partial charge >= 0.3 is 5.97 Å². The number of carbonyl (C=O) groups is 1. The predicted octanol–water partition coefficient (Wildman–Crippen LogP) is 2.93. The zero-order valence-corrected chi connectivity index (χ0v) is 12.5. The monoisotopic (exact) mass is 316 g/mol. The normalized spacial score (nSPS) is 10.1. The molecule has 0 unspecified atom stereocenters. The number of nitrogens with zero attached hydrogens (tertiary/aromatic N) is 1. The summed E-state index contributed by atoms with van der Waals surface area (Å²) >= 11 is 0. The summed E-state index contributed by atoms with van der Waals surface area (Å²) in [6, 6.07) is 10.8. The van der Waals surface area contributed by atoms with Crippen molar-refractivity contribution in [3.05, 3.63) is 63.7 Å². The molecule has 0 aliphatic heterocycles. The fraction of sp³-hybridized carbons (Fsp3) is 0.188. The number of nitro groups is 1. The first kappa shape index (κ1) is 16.3. The van der Waals surface area contributed by atoms with Crippen molar-refractivity contribution in [2.24, 2.45) is 0 Å². The summed E-state index contributed by atoms with van der Waals surface area (Å²) in [6.07, 6.45) is 0. The second kappa shape index (κ2) is 7.26. The van der Waals surface area contributed by atoms with E-state index in [0.29, 0.717) is 17.9 Å². The van der Waals surface area contributed by atoms with Crippen LogP contribution in [0.3, 0.4) is 0 Å². The number of nitrogen functional groups attached to an aromatic ring is 1. The number of para-hydroxylation sites is 1. The predicted molar refractivity (Wildman–Crippen MR) is 84.2 cm³/mol. The second-order valence-electron chi connectivity index (χ2n) is 4.65. The number of rotatable bonds is 6. The van der Waals surface area contributed by atoms with Crippen LogP contribution in [0, 0.1) is 10.1 Å². The first-order valence-corrected chi connectivity index (χ1v) is 6.94. The van der Waals surface area contributed by atoms with E-state index in [-0.39, 0.29) is 23.5 Å². The molecule has 0 atom stereocenters. The van der Waals surface area contributed by atoms with Gasteiger partial charge in [0, 0.05) is 23.4 Å². The van der Waals surface area contributed by atoms with Crippen LogP contribution in [-0.2, 0) is 11.3 Å². The third-order valence-electron chi connectivity index (χ3n) is 3.10. The van der Waals surface area contributed by atoms with Crippen LogP contribution in [0.5, 0.6) is 5.75 Å². The molecule has 2 aromatic carbocycles. The summed E-state index contributed by atoms with van der Waals surface area (Å²) in [5, 5.41) is 10.8. The summed E-state index contributed by atoms with van der Waals surface area (Å²) in [5.41, 5.74) is 6.26. The highest BCUT2D eigenvalue weighted by molar-refractivity contribution is 5.95. The van der Waals surface area contributed by atoms with Gasteiger partial charge in [-0.25, -0.2) is 4.79 Å². The van der Waals surface area contributed by atoms with Gasteiger partial charge in [-0.05, 0) is 19.1 Å². The van der Waals surface area contributed by atoms with Crippen molar-refractivity contribution in [2.75, 3.05) is 12.3 Å². The van der Waals surface area contributed by atoms with Gasteiger partial charge in [0.1, 0.15) is 12.4 Å². The molecule has 7 nitrogen and oxygen atoms in total. The van der Waals surface area contributed by atoms with Crippen LogP contribution >= 0.6 is 0 Å². The fourth-order valence-corrected chi connectivity index (χ4v) is 1.98. The Morgan fingerprint density at radius 3 is 2.70 bits per heavy atom. The molecule has 0 aliphatic rings. The zero-order valence-electron chi connectivity index (χ0n) is 12.5. The first-order valence-electron chi connectivity index (χ1n) is 6.94. The van der Waals surface area contributed by atoms with Crippen molar-refractivity contribution in [2.45, 2.75) is 13.5 Å². The van der Waals surface area contributed by atoms with Gasteiger partial charge < -0.3 is 15.2 Å². The zero-order chi connectivity index (χ0) is 16.8. The fourth-order valence-electron chi connectivity index (χ4n) is 1.98. The Bertz CT molecular complexity index is 730. The van der Waals surface area contributed by atoms with E-state index in [4.69, 9.17) is 15.2 Å². The summed E-state index contributed by atoms with van der Waals surface area (Å²) in [7, 11) is 0. The molecule has 2 rings (SSSR count). The molecular weight excluding hydrogens is 300 g/mol. The number of hydrogen-bond acceptors (Lipinski definition) is 6. The molecule has 7 heteroatoms. The number of nitrogens with two attached hydrogens (primary N) is 1. The van der Waals surface area contributed by atoms with E-state index in [0.717, 1.165) is 6.07 Å². The van der Waals surface area contributed by atoms with E-state index in [2.05, 4.69) is 0 Å². The van der Waals surface area contributed by atoms with Crippen LogP contribution in [0.2, 0.25) is 0 Å². The van der Waals surface area contributed by atoms with Crippen molar-refractivity contribution in [1.82, 2.24) is 0 Å². The SMILES string of the molecule is CCOc1ccccc1COC(=O)c1cc([N+](=O)[O-])ccc1N. The van der Waals surface area contributed by atoms with Gasteiger partial charge in [-0.15, -0.1) is 0 Å². The van der Waals surface area contributed by atoms with Crippen LogP contribution in [0.1, 0.15) is 22.8 Å². The van der Waals surface area contributed by atoms with Crippen molar-refractivity contribution in [1.29, 1.82) is 0 Å². The molecule has 0 heterocycles. The van der Waals surface area contributed by atoms with Gasteiger partial charge in [0.25, 0.3) is 5.69 Å². The molecule has 0 fully saturated rings. The quantitative estimate of drug-likeness (QED) is 0.380. The molecular formula is C16H16N2O5. The Balaban J connectivity index is 2.14. The van der Waals surface area contributed by atoms with E-state index in [1.165, 1.54) is 12.1 Å². The summed E-state index contributed by atoms with van der Waals surface area (Å²) in [4.78, 5) is 22.3. The van der Waals surface area contributed by atoms with E-state index in [9.17, 15) is 14.9 Å². The topological polar surface area (TPSA) is 105 Å². The molecule has 0 bridgehead atoms. The van der Waals surface area contributed by atoms with Crippen LogP contribution in [-0.4, -0.2) is 17.5 Å². The van der Waals surface area contributed by atoms with E-state index in [1.807, 2.05) is 13.0 Å². The standard InChI is InChI=1S/C16H16N2O5/c1-2-22-15-6-4-3-5-11(15)10-23-16(19)13-9-12(18(20)21)7-8-14(13)17/h3-9H,2,10,17H2,1H3. The van der Waals surface area contributed by atoms with Crippen LogP contribution in [0.15, 0.2) is 42.5 Å². The largest absolute Gasteiger partial charge is 0.493 e. The van der Waals surface area contributed by atoms with Gasteiger partial charge in [0.2, 0.25) is 0 Å². The minimum absolute atomic E-state index is 0.0167. The molecule has 0 amide bonds. The number of nitro benzene ring substituents is 1. The molecule has 23 heavy (non-hydrogen) atoms. The van der Waals surface area contributed by atoms with Crippen molar-refractivity contribution in [3.63, 3.8) is 0 Å². The van der Waals surface area contributed by atoms with E-state index in [1.54, 1.807) is 18.2 Å². The van der Waals surface area contributed by atoms with Gasteiger partial charge in [-0.1, -0.05) is 18.2 Å². The van der Waals surface area contributed by atoms with Gasteiger partial charge in [-0.3, -0.25) is 10.1 Å². The Hall–Kier alpha value is -3.09. The summed E-state index contributed by atoms with van der Waals surface area (Å²) in [5.74, 6) is -0.104. The highest BCUT2D eigenvalue weighted by Crippen LogP contribution is 2.23. The highest BCUT2D eigenvalue weighted by atomic mass is 16.6. The Morgan fingerprint density at radius 2 is 2.00 bits per heavy atom. The minimum Gasteiger partial charge on any atom is -0.493 e. The van der Waals surface area contributed by atoms with E-state index >= 15 is 0 Å². The Morgan fingerprint density at radius 1 is 1.26 bits per heavy atom. The number of benzene rings is 2. The van der Waals surface area contributed by atoms with Crippen molar-refractivity contribution < 1.29 is 19.2 Å². The number of esters is 1. The average Bonchev–Trinajstić information content (AvgIpc) is 2.54. The Kier molecular flexibility index (Phi) is 5.14. The molecule has 2 aromatic rings. The summed E-state index contributed by atoms with van der Waals surface area (Å²) < 4.78 is 10.6. The van der Waals surface area contributed by atoms with Gasteiger partial charge in [-0.2, -0.15) is 0 Å². The van der Waals surface area contributed by atoms with Crippen LogP contribution in [0.4, 0.5) is 11.4 Å². The average molecular weight is 316 g/mol. The maximum Gasteiger partial charge on any atom is 0.340 e. The number of hydrogen-bond donors (Lipinski definition) is 1. The van der Waals surface area contributed by atoms with Crippen molar-refractivity contribution in [3.8, 4) is 5.75 Å². The lowest BCUT2D eigenvalue weighted by atomic mass is 10.1. The molecule has 0 spiro atoms. The minimum atomic E-state index is -0.725. The lowest BCUT2D eigenvalue weighted by Crippen LogP contribution is -2.09. The van der Waals surface area contributed by atoms with Gasteiger partial charge in [0.05, 0.1) is 17.1 Å². The number of anilines is 1. The molecule has 0 saturated heterocycles. The molecule has 0 radical (unpaired) electrons. The van der Waals surface area contributed by atoms with Crippen LogP contribution in [0.25, 0.3) is 0 Å². The number of carbonyl (C=O) groups excluding carboxylic acids is 1.